The number of hydrogen-bond acceptors (Lipinski definition) is 4. The van der Waals surface area contributed by atoms with Crippen molar-refractivity contribution >= 4 is 25.8 Å². The molecule has 0 rings (SSSR count). The number of carbonyl (C=O) groups is 1. The van der Waals surface area contributed by atoms with Crippen LogP contribution < -0.4 is 5.32 Å². The van der Waals surface area contributed by atoms with Crippen molar-refractivity contribution in [3.05, 3.63) is 0 Å². The Labute approximate surface area is 114 Å². The zero-order chi connectivity index (χ0) is 14.4. The molecule has 0 aromatic carbocycles. The summed E-state index contributed by atoms with van der Waals surface area (Å²) in [6, 6.07) is -0.0575. The van der Waals surface area contributed by atoms with Crippen LogP contribution in [-0.2, 0) is 13.8 Å². The minimum atomic E-state index is -3.41. The second-order valence-corrected chi connectivity index (χ2v) is 8.18. The van der Waals surface area contributed by atoms with Crippen LogP contribution in [0.2, 0.25) is 0 Å². The molecule has 0 heterocycles. The van der Waals surface area contributed by atoms with Gasteiger partial charge in [0, 0.05) is 16.7 Å². The van der Waals surface area contributed by atoms with E-state index in [1.165, 1.54) is 0 Å². The maximum atomic E-state index is 11.4. The van der Waals surface area contributed by atoms with Gasteiger partial charge in [0.25, 0.3) is 0 Å². The van der Waals surface area contributed by atoms with Gasteiger partial charge in [-0.25, -0.2) is 13.2 Å². The quantitative estimate of drug-likeness (QED) is 0.604. The van der Waals surface area contributed by atoms with Crippen LogP contribution in [0.1, 0.15) is 47.0 Å². The SMILES string of the molecule is CC(CCCCS(=O)(=O)Cl)NC(=O)OC(C)(C)C. The molecule has 7 heteroatoms. The van der Waals surface area contributed by atoms with Crippen molar-refractivity contribution < 1.29 is 17.9 Å². The van der Waals surface area contributed by atoms with Crippen LogP contribution in [0.3, 0.4) is 0 Å². The zero-order valence-corrected chi connectivity index (χ0v) is 12.9. The first kappa shape index (κ1) is 17.5. The summed E-state index contributed by atoms with van der Waals surface area (Å²) < 4.78 is 26.5. The number of unbranched alkanes of at least 4 members (excludes halogenated alkanes) is 1. The Morgan fingerprint density at radius 1 is 1.33 bits per heavy atom. The number of nitrogens with one attached hydrogen (secondary N) is 1. The topological polar surface area (TPSA) is 72.5 Å². The summed E-state index contributed by atoms with van der Waals surface area (Å²) in [5.74, 6) is -0.0340. The molecule has 0 fully saturated rings. The highest BCUT2D eigenvalue weighted by Gasteiger charge is 2.17. The molecule has 0 saturated heterocycles. The molecule has 1 unspecified atom stereocenters. The highest BCUT2D eigenvalue weighted by molar-refractivity contribution is 8.13. The van der Waals surface area contributed by atoms with Crippen molar-refractivity contribution in [2.24, 2.45) is 0 Å². The second-order valence-electron chi connectivity index (χ2n) is 5.29. The lowest BCUT2D eigenvalue weighted by Crippen LogP contribution is -2.37. The van der Waals surface area contributed by atoms with Crippen LogP contribution in [0.15, 0.2) is 0 Å². The molecule has 0 aromatic heterocycles. The average Bonchev–Trinajstić information content (AvgIpc) is 2.07. The van der Waals surface area contributed by atoms with Crippen LogP contribution in [0.4, 0.5) is 4.79 Å². The molecule has 108 valence electrons. The van der Waals surface area contributed by atoms with E-state index < -0.39 is 20.7 Å². The third-order valence-electron chi connectivity index (χ3n) is 2.04. The van der Waals surface area contributed by atoms with Gasteiger partial charge in [-0.05, 0) is 40.5 Å². The fourth-order valence-corrected chi connectivity index (χ4v) is 2.18. The summed E-state index contributed by atoms with van der Waals surface area (Å²) in [5.41, 5.74) is -0.517. The number of alkyl carbamates (subject to hydrolysis) is 1. The third kappa shape index (κ3) is 12.0. The standard InChI is InChI=1S/C11H22ClNO4S/c1-9(7-5-6-8-18(12,15)16)13-10(14)17-11(2,3)4/h9H,5-8H2,1-4H3,(H,13,14). The Morgan fingerprint density at radius 3 is 2.33 bits per heavy atom. The van der Waals surface area contributed by atoms with Crippen LogP contribution in [0.25, 0.3) is 0 Å². The number of rotatable bonds is 6. The van der Waals surface area contributed by atoms with Crippen molar-refractivity contribution in [1.29, 1.82) is 0 Å². The number of hydrogen-bond donors (Lipinski definition) is 1. The van der Waals surface area contributed by atoms with Crippen molar-refractivity contribution in [3.63, 3.8) is 0 Å². The van der Waals surface area contributed by atoms with Crippen LogP contribution in [0, 0.1) is 0 Å². The van der Waals surface area contributed by atoms with Gasteiger partial charge in [-0.3, -0.25) is 0 Å². The molecule has 5 nitrogen and oxygen atoms in total. The predicted octanol–water partition coefficient (Wildman–Crippen LogP) is 2.64. The molecule has 0 bridgehead atoms. The minimum Gasteiger partial charge on any atom is -0.444 e. The number of amides is 1. The number of carbonyl (C=O) groups excluding carboxylic acids is 1. The summed E-state index contributed by atoms with van der Waals surface area (Å²) in [6.45, 7) is 7.23. The molecule has 1 amide bonds. The maximum absolute atomic E-state index is 11.4. The fraction of sp³-hybridized carbons (Fsp3) is 0.909. The summed E-state index contributed by atoms with van der Waals surface area (Å²) in [6.07, 6.45) is 1.40. The van der Waals surface area contributed by atoms with E-state index in [1.807, 2.05) is 6.92 Å². The van der Waals surface area contributed by atoms with Gasteiger partial charge in [0.05, 0.1) is 5.75 Å². The Balaban J connectivity index is 3.78. The molecular weight excluding hydrogens is 278 g/mol. The van der Waals surface area contributed by atoms with E-state index in [-0.39, 0.29) is 11.8 Å². The lowest BCUT2D eigenvalue weighted by molar-refractivity contribution is 0.0506. The van der Waals surface area contributed by atoms with E-state index in [9.17, 15) is 13.2 Å². The molecular formula is C11H22ClNO4S. The Bertz CT molecular complexity index is 362. The first-order chi connectivity index (χ1) is 7.99. The van der Waals surface area contributed by atoms with E-state index >= 15 is 0 Å². The normalized spacial score (nSPS) is 14.1. The van der Waals surface area contributed by atoms with Gasteiger partial charge < -0.3 is 10.1 Å². The van der Waals surface area contributed by atoms with Crippen LogP contribution >= 0.6 is 10.7 Å². The predicted molar refractivity (Wildman–Crippen MR) is 72.3 cm³/mol. The summed E-state index contributed by atoms with van der Waals surface area (Å²) in [7, 11) is 1.68. The van der Waals surface area contributed by atoms with Gasteiger partial charge in [0.1, 0.15) is 5.60 Å². The Kier molecular flexibility index (Phi) is 6.99. The van der Waals surface area contributed by atoms with Gasteiger partial charge in [-0.15, -0.1) is 0 Å². The van der Waals surface area contributed by atoms with Gasteiger partial charge in [-0.1, -0.05) is 6.42 Å². The van der Waals surface area contributed by atoms with Crippen LogP contribution in [0.5, 0.6) is 0 Å². The van der Waals surface area contributed by atoms with Crippen LogP contribution in [-0.4, -0.2) is 31.9 Å². The van der Waals surface area contributed by atoms with Gasteiger partial charge in [0.15, 0.2) is 0 Å². The summed E-state index contributed by atoms with van der Waals surface area (Å²) >= 11 is 0. The molecule has 0 saturated carbocycles. The highest BCUT2D eigenvalue weighted by atomic mass is 35.7. The zero-order valence-electron chi connectivity index (χ0n) is 11.3. The van der Waals surface area contributed by atoms with Gasteiger partial charge in [0.2, 0.25) is 9.05 Å². The van der Waals surface area contributed by atoms with Crippen molar-refractivity contribution in [2.75, 3.05) is 5.75 Å². The molecule has 0 radical (unpaired) electrons. The van der Waals surface area contributed by atoms with Gasteiger partial charge in [-0.2, -0.15) is 0 Å². The van der Waals surface area contributed by atoms with E-state index in [2.05, 4.69) is 5.32 Å². The van der Waals surface area contributed by atoms with Crippen molar-refractivity contribution in [1.82, 2.24) is 5.32 Å². The second kappa shape index (κ2) is 7.19. The number of ether oxygens (including phenoxy) is 1. The Morgan fingerprint density at radius 2 is 1.89 bits per heavy atom. The molecule has 0 aliphatic carbocycles. The van der Waals surface area contributed by atoms with Crippen molar-refractivity contribution in [2.45, 2.75) is 58.6 Å². The molecule has 0 spiro atoms. The van der Waals surface area contributed by atoms with Crippen molar-refractivity contribution in [3.8, 4) is 0 Å². The maximum Gasteiger partial charge on any atom is 0.407 e. The fourth-order valence-electron chi connectivity index (χ4n) is 1.31. The average molecular weight is 300 g/mol. The van der Waals surface area contributed by atoms with Gasteiger partial charge >= 0.3 is 6.09 Å². The smallest absolute Gasteiger partial charge is 0.407 e. The van der Waals surface area contributed by atoms with E-state index in [1.54, 1.807) is 20.8 Å². The van der Waals surface area contributed by atoms with E-state index in [0.717, 1.165) is 0 Å². The lowest BCUT2D eigenvalue weighted by atomic mass is 10.1. The van der Waals surface area contributed by atoms with E-state index in [4.69, 9.17) is 15.4 Å². The largest absolute Gasteiger partial charge is 0.444 e. The monoisotopic (exact) mass is 299 g/mol. The molecule has 1 atom stereocenters. The molecule has 0 aromatic rings. The first-order valence-corrected chi connectivity index (χ1v) is 8.39. The summed E-state index contributed by atoms with van der Waals surface area (Å²) in [4.78, 5) is 11.4. The third-order valence-corrected chi connectivity index (χ3v) is 3.28. The number of halogens is 1. The highest BCUT2D eigenvalue weighted by Crippen LogP contribution is 2.09. The molecule has 1 N–H and O–H groups in total. The molecule has 0 aliphatic rings. The Hall–Kier alpha value is -0.490. The minimum absolute atomic E-state index is 0.0340. The molecule has 18 heavy (non-hydrogen) atoms. The van der Waals surface area contributed by atoms with E-state index in [0.29, 0.717) is 19.3 Å². The summed E-state index contributed by atoms with van der Waals surface area (Å²) in [5, 5.41) is 2.69. The molecule has 0 aliphatic heterocycles. The lowest BCUT2D eigenvalue weighted by Gasteiger charge is -2.21. The first-order valence-electron chi connectivity index (χ1n) is 5.91.